The van der Waals surface area contributed by atoms with Crippen molar-refractivity contribution >= 4 is 0 Å². The van der Waals surface area contributed by atoms with E-state index in [1.54, 1.807) is 13.0 Å². The van der Waals surface area contributed by atoms with Crippen LogP contribution in [0, 0.1) is 0 Å². The van der Waals surface area contributed by atoms with Crippen LogP contribution in [0.4, 0.5) is 0 Å². The Morgan fingerprint density at radius 1 is 0.538 bits per heavy atom. The molecule has 21 heteroatoms. The molecule has 0 aromatic rings. The highest BCUT2D eigenvalue weighted by Gasteiger charge is 2.52. The van der Waals surface area contributed by atoms with Crippen LogP contribution in [0.3, 0.4) is 0 Å². The van der Waals surface area contributed by atoms with E-state index in [2.05, 4.69) is 18.7 Å². The van der Waals surface area contributed by atoms with Crippen molar-refractivity contribution in [1.82, 2.24) is 0 Å². The molecule has 0 amide bonds. The van der Waals surface area contributed by atoms with Gasteiger partial charge in [-0.1, -0.05) is 41.0 Å². The summed E-state index contributed by atoms with van der Waals surface area (Å²) in [5.41, 5.74) is 2.14. The fraction of sp³-hybridized carbons (Fsp3) is 0.818. The first kappa shape index (κ1) is 55.7. The molecule has 0 bridgehead atoms. The number of hydrogen-bond acceptors (Lipinski definition) is 21. The summed E-state index contributed by atoms with van der Waals surface area (Å²) in [6.45, 7) is 11.1. The van der Waals surface area contributed by atoms with Crippen LogP contribution in [0.5, 0.6) is 0 Å². The number of hydrogen-bond donors (Lipinski definition) is 13. The molecule has 0 unspecified atom stereocenters. The second kappa shape index (κ2) is 25.6. The zero-order valence-corrected chi connectivity index (χ0v) is 37.7. The molecule has 4 fully saturated rings. The second-order valence-corrected chi connectivity index (χ2v) is 17.7. The van der Waals surface area contributed by atoms with Gasteiger partial charge in [0.1, 0.15) is 91.6 Å². The monoisotopic (exact) mass is 938 g/mol. The third-order valence-corrected chi connectivity index (χ3v) is 12.4. The van der Waals surface area contributed by atoms with E-state index in [-0.39, 0.29) is 6.61 Å². The Kier molecular flexibility index (Phi) is 22.0. The Labute approximate surface area is 379 Å². The lowest BCUT2D eigenvalue weighted by molar-refractivity contribution is -0.371. The predicted octanol–water partition coefficient (Wildman–Crippen LogP) is -2.58. The minimum Gasteiger partial charge on any atom is -0.394 e. The Morgan fingerprint density at radius 2 is 1.02 bits per heavy atom. The maximum atomic E-state index is 11.3. The zero-order valence-electron chi connectivity index (χ0n) is 37.7. The third-order valence-electron chi connectivity index (χ3n) is 12.4. The van der Waals surface area contributed by atoms with E-state index in [0.29, 0.717) is 19.3 Å². The van der Waals surface area contributed by atoms with Crippen LogP contribution in [-0.2, 0) is 37.9 Å². The van der Waals surface area contributed by atoms with E-state index in [9.17, 15) is 66.4 Å². The number of ether oxygens (including phenoxy) is 8. The summed E-state index contributed by atoms with van der Waals surface area (Å²) >= 11 is 0. The van der Waals surface area contributed by atoms with Gasteiger partial charge in [-0.2, -0.15) is 0 Å². The molecule has 376 valence electrons. The van der Waals surface area contributed by atoms with Gasteiger partial charge in [0.15, 0.2) is 25.2 Å². The van der Waals surface area contributed by atoms with E-state index in [1.807, 2.05) is 26.8 Å². The number of aliphatic hydroxyl groups excluding tert-OH is 13. The van der Waals surface area contributed by atoms with Crippen molar-refractivity contribution in [2.24, 2.45) is 0 Å². The molecule has 0 saturated carbocycles. The predicted molar refractivity (Wildman–Crippen MR) is 226 cm³/mol. The number of aliphatic hydroxyl groups is 13. The van der Waals surface area contributed by atoms with Crippen LogP contribution in [0.2, 0.25) is 0 Å². The first-order chi connectivity index (χ1) is 30.7. The molecule has 13 N–H and O–H groups in total. The Balaban J connectivity index is 1.30. The van der Waals surface area contributed by atoms with Gasteiger partial charge in [-0.3, -0.25) is 0 Å². The summed E-state index contributed by atoms with van der Waals surface area (Å²) in [6, 6.07) is 0. The molecule has 0 spiro atoms. The van der Waals surface area contributed by atoms with Crippen LogP contribution in [0.25, 0.3) is 0 Å². The quantitative estimate of drug-likeness (QED) is 0.0496. The molecule has 4 saturated heterocycles. The lowest BCUT2D eigenvalue weighted by atomic mass is 9.96. The van der Waals surface area contributed by atoms with Gasteiger partial charge in [0, 0.05) is 0 Å². The average molecular weight is 939 g/mol. The minimum absolute atomic E-state index is 0.0488. The van der Waals surface area contributed by atoms with E-state index < -0.39 is 148 Å². The maximum absolute atomic E-state index is 11.3. The van der Waals surface area contributed by atoms with E-state index in [4.69, 9.17) is 37.9 Å². The van der Waals surface area contributed by atoms with Crippen molar-refractivity contribution in [2.75, 3.05) is 26.4 Å². The number of rotatable bonds is 22. The maximum Gasteiger partial charge on any atom is 0.187 e. The summed E-state index contributed by atoms with van der Waals surface area (Å²) < 4.78 is 45.9. The van der Waals surface area contributed by atoms with Crippen molar-refractivity contribution < 1.29 is 104 Å². The summed E-state index contributed by atoms with van der Waals surface area (Å²) in [7, 11) is 0. The highest BCUT2D eigenvalue weighted by Crippen LogP contribution is 2.32. The molecule has 21 atom stereocenters. The molecule has 0 aromatic heterocycles. The SMILES string of the molecule is C=C[C@](C)(CC/C=C(\C)CC/C=C(\C)CC/C=C(/C)CO[C@@H]1O[C@H](CO[C@@H]2O[C@@H](C)[C@H](O)[C@@H](O)[C@H]2O)[C@@H](O)[C@H](O)[C@H]1O[C@@H]1O[C@H](CO)[C@@H](O)[C@H](O)[C@H]1O)O[C@@H]1O[C@H](CO)[C@@H](O)[C@H](O)[C@H]1O. The normalized spacial score (nSPS) is 42.2. The highest BCUT2D eigenvalue weighted by molar-refractivity contribution is 5.08. The summed E-state index contributed by atoms with van der Waals surface area (Å²) in [5, 5.41) is 134. The second-order valence-electron chi connectivity index (χ2n) is 17.7. The average Bonchev–Trinajstić information content (AvgIpc) is 3.28. The number of allylic oxidation sites excluding steroid dienone is 5. The lowest BCUT2D eigenvalue weighted by Crippen LogP contribution is -2.65. The summed E-state index contributed by atoms with van der Waals surface area (Å²) in [5.74, 6) is 0. The van der Waals surface area contributed by atoms with Gasteiger partial charge in [-0.05, 0) is 73.1 Å². The first-order valence-corrected chi connectivity index (χ1v) is 22.2. The van der Waals surface area contributed by atoms with Gasteiger partial charge in [-0.25, -0.2) is 0 Å². The van der Waals surface area contributed by atoms with Gasteiger partial charge < -0.3 is 104 Å². The zero-order chi connectivity index (χ0) is 48.3. The third kappa shape index (κ3) is 14.8. The van der Waals surface area contributed by atoms with Crippen molar-refractivity contribution in [3.8, 4) is 0 Å². The molecule has 4 rings (SSSR count). The molecular weight excluding hydrogens is 864 g/mol. The largest absolute Gasteiger partial charge is 0.394 e. The lowest BCUT2D eigenvalue weighted by Gasteiger charge is -2.46. The minimum atomic E-state index is -1.83. The fourth-order valence-corrected chi connectivity index (χ4v) is 7.81. The standard InChI is InChI=1S/C44H74O21/c1-7-44(6,65-42-38(57)34(53)30(49)26(18-46)62-42)16-10-15-22(3)12-8-11-21(2)13-9-14-23(4)19-58-43-39(64-41-37(56)33(52)29(48)25(17-45)61-41)35(54)31(50)27(63-43)20-59-40-36(55)32(51)28(47)24(5)60-40/h7,11,14-15,24-43,45-57H,1,8-10,12-13,16-20H2,2-6H3/b21-11+,22-15+,23-14-/t24-,25+,26+,27+,28-,29+,30+,31+,32+,33-,34-,35-,36+,37+,38+,39+,40+,41-,42-,43+,44+/m0/s1. The van der Waals surface area contributed by atoms with Gasteiger partial charge >= 0.3 is 0 Å². The molecular formula is C44H74O21. The van der Waals surface area contributed by atoms with E-state index in [0.717, 1.165) is 36.0 Å². The van der Waals surface area contributed by atoms with Crippen LogP contribution >= 0.6 is 0 Å². The summed E-state index contributed by atoms with van der Waals surface area (Å²) in [6.07, 6.45) is -18.1. The topological polar surface area (TPSA) is 337 Å². The van der Waals surface area contributed by atoms with Crippen molar-refractivity contribution in [1.29, 1.82) is 0 Å². The van der Waals surface area contributed by atoms with Crippen molar-refractivity contribution in [2.45, 2.75) is 202 Å². The van der Waals surface area contributed by atoms with E-state index in [1.165, 1.54) is 6.92 Å². The van der Waals surface area contributed by atoms with Crippen LogP contribution in [0.1, 0.15) is 73.1 Å². The molecule has 4 heterocycles. The molecule has 4 aliphatic heterocycles. The highest BCUT2D eigenvalue weighted by atomic mass is 16.8. The van der Waals surface area contributed by atoms with E-state index >= 15 is 0 Å². The molecule has 0 radical (unpaired) electrons. The van der Waals surface area contributed by atoms with Gasteiger partial charge in [0.25, 0.3) is 0 Å². The molecule has 0 aromatic carbocycles. The van der Waals surface area contributed by atoms with Gasteiger partial charge in [0.2, 0.25) is 0 Å². The molecule has 4 aliphatic rings. The molecule has 0 aliphatic carbocycles. The van der Waals surface area contributed by atoms with Crippen LogP contribution < -0.4 is 0 Å². The Bertz CT molecular complexity index is 1540. The van der Waals surface area contributed by atoms with Gasteiger partial charge in [-0.15, -0.1) is 6.58 Å². The smallest absolute Gasteiger partial charge is 0.187 e. The Morgan fingerprint density at radius 3 is 1.58 bits per heavy atom. The van der Waals surface area contributed by atoms with Gasteiger partial charge in [0.05, 0.1) is 38.1 Å². The van der Waals surface area contributed by atoms with Crippen molar-refractivity contribution in [3.63, 3.8) is 0 Å². The molecule has 21 nitrogen and oxygen atoms in total. The Hall–Kier alpha value is -1.88. The summed E-state index contributed by atoms with van der Waals surface area (Å²) in [4.78, 5) is 0. The first-order valence-electron chi connectivity index (χ1n) is 22.2. The van der Waals surface area contributed by atoms with Crippen molar-refractivity contribution in [3.05, 3.63) is 47.6 Å². The van der Waals surface area contributed by atoms with Crippen LogP contribution in [-0.4, -0.2) is 221 Å². The van der Waals surface area contributed by atoms with Crippen LogP contribution in [0.15, 0.2) is 47.6 Å². The fourth-order valence-electron chi connectivity index (χ4n) is 7.81. The molecule has 65 heavy (non-hydrogen) atoms.